The van der Waals surface area contributed by atoms with Gasteiger partial charge in [0.05, 0.1) is 22.5 Å². The molecule has 1 N–H and O–H groups in total. The number of aromatic amines is 1. The molecular formula is C32H30BrN3O5S2. The van der Waals surface area contributed by atoms with Crippen molar-refractivity contribution in [2.75, 3.05) is 24.6 Å². The number of hydrogen-bond acceptors (Lipinski definition) is 7. The molecule has 2 aliphatic carbocycles. The van der Waals surface area contributed by atoms with E-state index in [2.05, 4.69) is 20.9 Å². The number of thioether (sulfide) groups is 1. The molecule has 1 aromatic heterocycles. The maximum absolute atomic E-state index is 14.0. The highest BCUT2D eigenvalue weighted by Crippen LogP contribution is 2.69. The highest BCUT2D eigenvalue weighted by atomic mass is 79.9. The summed E-state index contributed by atoms with van der Waals surface area (Å²) in [6, 6.07) is 15.1. The van der Waals surface area contributed by atoms with E-state index in [4.69, 9.17) is 4.74 Å². The Morgan fingerprint density at radius 2 is 1.72 bits per heavy atom. The fraction of sp³-hybridized carbons (Fsp3) is 0.438. The van der Waals surface area contributed by atoms with Crippen LogP contribution in [0.25, 0.3) is 0 Å². The molecule has 2 aromatic carbocycles. The first kappa shape index (κ1) is 27.6. The average molecular weight is 681 g/mol. The van der Waals surface area contributed by atoms with E-state index in [1.165, 1.54) is 16.2 Å². The summed E-state index contributed by atoms with van der Waals surface area (Å²) in [5, 5.41) is 0.917. The smallest absolute Gasteiger partial charge is 0.305 e. The fourth-order valence-corrected chi connectivity index (χ4v) is 11.7. The first-order valence-electron chi connectivity index (χ1n) is 14.9. The Morgan fingerprint density at radius 3 is 2.49 bits per heavy atom. The SMILES string of the molecule is O=C(COc1ccc(Br)cc1[C@H]1c2sc(=O)[nH]c2SC2C3CC(C4C(=O)N(c5ccccc5)C(=O)C34)C21)N1CCCCC1. The lowest BCUT2D eigenvalue weighted by Crippen LogP contribution is -2.43. The Balaban J connectivity index is 1.17. The van der Waals surface area contributed by atoms with Gasteiger partial charge in [-0.1, -0.05) is 45.5 Å². The second-order valence-electron chi connectivity index (χ2n) is 12.2. The predicted molar refractivity (Wildman–Crippen MR) is 167 cm³/mol. The van der Waals surface area contributed by atoms with Gasteiger partial charge < -0.3 is 14.6 Å². The van der Waals surface area contributed by atoms with Crippen LogP contribution < -0.4 is 14.5 Å². The number of amides is 3. The van der Waals surface area contributed by atoms with Gasteiger partial charge in [0.15, 0.2) is 6.61 Å². The molecule has 222 valence electrons. The van der Waals surface area contributed by atoms with Gasteiger partial charge in [-0.15, -0.1) is 11.8 Å². The molecule has 0 spiro atoms. The lowest BCUT2D eigenvalue weighted by Gasteiger charge is -2.43. The highest BCUT2D eigenvalue weighted by Gasteiger charge is 2.69. The number of hydrogen-bond donors (Lipinski definition) is 1. The lowest BCUT2D eigenvalue weighted by molar-refractivity contribution is -0.134. The minimum atomic E-state index is -0.378. The summed E-state index contributed by atoms with van der Waals surface area (Å²) in [7, 11) is 0. The molecule has 3 aliphatic heterocycles. The van der Waals surface area contributed by atoms with Crippen molar-refractivity contribution < 1.29 is 19.1 Å². The number of halogens is 1. The number of para-hydroxylation sites is 1. The van der Waals surface area contributed by atoms with Crippen LogP contribution in [0.1, 0.15) is 42.0 Å². The van der Waals surface area contributed by atoms with Crippen LogP contribution in [0.4, 0.5) is 5.69 Å². The molecule has 2 saturated carbocycles. The zero-order valence-corrected chi connectivity index (χ0v) is 26.5. The number of H-pyrrole nitrogens is 1. The number of thiazole rings is 1. The van der Waals surface area contributed by atoms with Gasteiger partial charge in [-0.2, -0.15) is 0 Å². The van der Waals surface area contributed by atoms with Crippen molar-refractivity contribution in [1.29, 1.82) is 0 Å². The van der Waals surface area contributed by atoms with Crippen molar-refractivity contribution in [1.82, 2.24) is 9.88 Å². The van der Waals surface area contributed by atoms with Crippen molar-refractivity contribution in [3.63, 3.8) is 0 Å². The number of benzene rings is 2. The van der Waals surface area contributed by atoms with Gasteiger partial charge in [-0.05, 0) is 73.8 Å². The summed E-state index contributed by atoms with van der Waals surface area (Å²) >= 11 is 6.53. The summed E-state index contributed by atoms with van der Waals surface area (Å²) in [5.41, 5.74) is 1.54. The molecule has 11 heteroatoms. The number of likely N-dealkylation sites (tertiary alicyclic amines) is 1. The average Bonchev–Trinajstić information content (AvgIpc) is 3.76. The van der Waals surface area contributed by atoms with Crippen molar-refractivity contribution in [2.24, 2.45) is 29.6 Å². The number of aromatic nitrogens is 1. The van der Waals surface area contributed by atoms with Crippen molar-refractivity contribution in [3.8, 4) is 5.75 Å². The van der Waals surface area contributed by atoms with Crippen LogP contribution in [0, 0.1) is 29.6 Å². The van der Waals surface area contributed by atoms with E-state index < -0.39 is 0 Å². The number of anilines is 1. The maximum atomic E-state index is 14.0. The van der Waals surface area contributed by atoms with Crippen LogP contribution in [0.5, 0.6) is 5.75 Å². The molecule has 6 unspecified atom stereocenters. The number of piperidine rings is 1. The zero-order valence-electron chi connectivity index (χ0n) is 23.2. The third-order valence-corrected chi connectivity index (χ3v) is 13.2. The van der Waals surface area contributed by atoms with E-state index in [0.29, 0.717) is 11.4 Å². The van der Waals surface area contributed by atoms with Gasteiger partial charge >= 0.3 is 4.87 Å². The van der Waals surface area contributed by atoms with E-state index >= 15 is 0 Å². The highest BCUT2D eigenvalue weighted by molar-refractivity contribution is 9.10. The van der Waals surface area contributed by atoms with Gasteiger partial charge in [0, 0.05) is 39.2 Å². The number of carbonyl (C=O) groups excluding carboxylic acids is 3. The van der Waals surface area contributed by atoms with Gasteiger partial charge in [-0.3, -0.25) is 24.1 Å². The molecule has 2 bridgehead atoms. The maximum Gasteiger partial charge on any atom is 0.305 e. The molecule has 2 saturated heterocycles. The summed E-state index contributed by atoms with van der Waals surface area (Å²) in [6.45, 7) is 1.48. The molecule has 8 nitrogen and oxygen atoms in total. The van der Waals surface area contributed by atoms with Crippen LogP contribution in [0.3, 0.4) is 0 Å². The van der Waals surface area contributed by atoms with E-state index in [9.17, 15) is 19.2 Å². The minimum absolute atomic E-state index is 0.00479. The fourth-order valence-electron chi connectivity index (χ4n) is 8.46. The largest absolute Gasteiger partial charge is 0.483 e. The first-order valence-corrected chi connectivity index (χ1v) is 17.4. The van der Waals surface area contributed by atoms with Crippen molar-refractivity contribution >= 4 is 62.4 Å². The Hall–Kier alpha value is -2.89. The van der Waals surface area contributed by atoms with E-state index in [1.807, 2.05) is 53.4 Å². The van der Waals surface area contributed by atoms with Crippen molar-refractivity contribution in [2.45, 2.75) is 41.9 Å². The zero-order chi connectivity index (χ0) is 29.4. The third kappa shape index (κ3) is 4.36. The number of nitrogens with one attached hydrogen (secondary N) is 1. The number of fused-ring (bicyclic) bond motifs is 9. The Bertz CT molecular complexity index is 1690. The van der Waals surface area contributed by atoms with Crippen LogP contribution in [-0.4, -0.2) is 52.6 Å². The summed E-state index contributed by atoms with van der Waals surface area (Å²) in [6.07, 6.45) is 3.99. The third-order valence-electron chi connectivity index (χ3n) is 10.1. The molecule has 8 rings (SSSR count). The summed E-state index contributed by atoms with van der Waals surface area (Å²) in [5.74, 6) is -0.466. The monoisotopic (exact) mass is 679 g/mol. The second-order valence-corrected chi connectivity index (χ2v) is 15.3. The number of ether oxygens (including phenoxy) is 1. The molecule has 5 aliphatic rings. The number of rotatable bonds is 5. The Labute approximate surface area is 265 Å². The normalized spacial score (nSPS) is 30.8. The molecule has 4 fully saturated rings. The van der Waals surface area contributed by atoms with Crippen LogP contribution >= 0.6 is 39.0 Å². The van der Waals surface area contributed by atoms with Crippen molar-refractivity contribution in [3.05, 3.63) is 73.1 Å². The predicted octanol–water partition coefficient (Wildman–Crippen LogP) is 5.27. The summed E-state index contributed by atoms with van der Waals surface area (Å²) < 4.78 is 7.15. The lowest BCUT2D eigenvalue weighted by atomic mass is 9.68. The topological polar surface area (TPSA) is 99.8 Å². The Kier molecular flexibility index (Phi) is 6.83. The second kappa shape index (κ2) is 10.6. The van der Waals surface area contributed by atoms with Crippen LogP contribution in [0.15, 0.2) is 62.8 Å². The van der Waals surface area contributed by atoms with E-state index in [-0.39, 0.29) is 70.0 Å². The van der Waals surface area contributed by atoms with Gasteiger partial charge in [0.2, 0.25) is 11.8 Å². The molecular weight excluding hydrogens is 650 g/mol. The van der Waals surface area contributed by atoms with Gasteiger partial charge in [-0.25, -0.2) is 0 Å². The quantitative estimate of drug-likeness (QED) is 0.369. The van der Waals surface area contributed by atoms with Crippen LogP contribution in [0.2, 0.25) is 0 Å². The minimum Gasteiger partial charge on any atom is -0.483 e. The van der Waals surface area contributed by atoms with E-state index in [1.54, 1.807) is 11.8 Å². The molecule has 0 radical (unpaired) electrons. The number of imide groups is 1. The first-order chi connectivity index (χ1) is 20.9. The summed E-state index contributed by atoms with van der Waals surface area (Å²) in [4.78, 5) is 60.7. The number of carbonyl (C=O) groups is 3. The number of nitrogens with zero attached hydrogens (tertiary/aromatic N) is 2. The molecule has 3 aromatic rings. The Morgan fingerprint density at radius 1 is 0.977 bits per heavy atom. The molecule has 3 amide bonds. The van der Waals surface area contributed by atoms with E-state index in [0.717, 1.165) is 58.7 Å². The van der Waals surface area contributed by atoms with Gasteiger partial charge in [0.1, 0.15) is 5.75 Å². The standard InChI is InChI=1S/C32H30BrN3O5S2/c33-16-9-10-21(41-15-22(37)35-11-5-2-6-12-35)18(13-16)23-24-19-14-20(27(24)42-29-28(23)43-32(40)34-29)26-25(19)30(38)36(31(26)39)17-7-3-1-4-8-17/h1,3-4,7-10,13,19-20,23-27H,2,5-6,11-12,14-15H2,(H,34,40)/t19?,20?,23-,24?,25?,26?,27?/m1/s1. The van der Waals surface area contributed by atoms with Gasteiger partial charge in [0.25, 0.3) is 5.91 Å². The molecule has 4 heterocycles. The molecule has 43 heavy (non-hydrogen) atoms. The molecule has 7 atom stereocenters. The van der Waals surface area contributed by atoms with Crippen LogP contribution in [-0.2, 0) is 14.4 Å².